The van der Waals surface area contributed by atoms with Crippen LogP contribution in [0.15, 0.2) is 0 Å². The lowest BCUT2D eigenvalue weighted by atomic mass is 10.0. The molecule has 0 spiro atoms. The average Bonchev–Trinajstić information content (AvgIpc) is 2.10. The first-order chi connectivity index (χ1) is 5.69. The van der Waals surface area contributed by atoms with Gasteiger partial charge in [-0.2, -0.15) is 17.6 Å². The molecule has 13 heavy (non-hydrogen) atoms. The highest BCUT2D eigenvalue weighted by atomic mass is 32.2. The van der Waals surface area contributed by atoms with Gasteiger partial charge in [-0.3, -0.25) is 0 Å². The average molecular weight is 228 g/mol. The van der Waals surface area contributed by atoms with Gasteiger partial charge in [0.25, 0.3) is 5.67 Å². The van der Waals surface area contributed by atoms with Crippen LogP contribution in [-0.2, 0) is 0 Å². The summed E-state index contributed by atoms with van der Waals surface area (Å²) < 4.78 is 86.2. The molecular weight excluding hydrogens is 225 g/mol. The molecule has 1 aliphatic heterocycles. The summed E-state index contributed by atoms with van der Waals surface area (Å²) in [4.78, 5) is 0. The van der Waals surface area contributed by atoms with E-state index in [1.165, 1.54) is 0 Å². The normalized spacial score (nSPS) is 42.2. The lowest BCUT2D eigenvalue weighted by Gasteiger charge is -2.26. The molecule has 1 rings (SSSR count). The van der Waals surface area contributed by atoms with Gasteiger partial charge >= 0.3 is 11.2 Å². The Kier molecular flexibility index (Phi) is 2.25. The largest absolute Gasteiger partial charge is 0.338 e. The van der Waals surface area contributed by atoms with Crippen LogP contribution < -0.4 is 0 Å². The maximum absolute atomic E-state index is 12.7. The van der Waals surface area contributed by atoms with Gasteiger partial charge in [-0.25, -0.2) is 13.2 Å². The van der Waals surface area contributed by atoms with Gasteiger partial charge in [0.1, 0.15) is 6.67 Å². The van der Waals surface area contributed by atoms with Crippen LogP contribution >= 0.6 is 11.8 Å². The fourth-order valence-corrected chi connectivity index (χ4v) is 1.81. The molecule has 0 aromatic carbocycles. The van der Waals surface area contributed by atoms with E-state index in [-0.39, 0.29) is 0 Å². The van der Waals surface area contributed by atoms with Crippen molar-refractivity contribution in [1.29, 1.82) is 0 Å². The fourth-order valence-electron chi connectivity index (χ4n) is 0.838. The second-order valence-corrected chi connectivity index (χ2v) is 3.67. The van der Waals surface area contributed by atoms with E-state index >= 15 is 0 Å². The number of halogens is 7. The Balaban J connectivity index is 3.14. The van der Waals surface area contributed by atoms with E-state index in [2.05, 4.69) is 0 Å². The molecule has 0 bridgehead atoms. The molecular formula is C5H3F7S. The molecule has 0 aliphatic carbocycles. The van der Waals surface area contributed by atoms with Crippen LogP contribution in [0.2, 0.25) is 0 Å². The monoisotopic (exact) mass is 228 g/mol. The highest BCUT2D eigenvalue weighted by molar-refractivity contribution is 8.01. The van der Waals surface area contributed by atoms with Crippen molar-refractivity contribution < 1.29 is 30.7 Å². The van der Waals surface area contributed by atoms with Gasteiger partial charge in [0, 0.05) is 0 Å². The molecule has 1 saturated heterocycles. The molecule has 0 N–H and O–H groups in total. The third kappa shape index (κ3) is 1.14. The van der Waals surface area contributed by atoms with Crippen molar-refractivity contribution in [2.45, 2.75) is 22.3 Å². The number of hydrogen-bond donors (Lipinski definition) is 0. The van der Waals surface area contributed by atoms with Crippen molar-refractivity contribution in [3.63, 3.8) is 0 Å². The second-order valence-electron chi connectivity index (χ2n) is 2.51. The van der Waals surface area contributed by atoms with Crippen molar-refractivity contribution in [3.05, 3.63) is 0 Å². The summed E-state index contributed by atoms with van der Waals surface area (Å²) in [5.41, 5.74) is -8.17. The van der Waals surface area contributed by atoms with Gasteiger partial charge in [-0.05, 0) is 11.8 Å². The van der Waals surface area contributed by atoms with E-state index in [1.807, 2.05) is 0 Å². The molecule has 1 fully saturated rings. The fraction of sp³-hybridized carbons (Fsp3) is 1.00. The van der Waals surface area contributed by atoms with Gasteiger partial charge in [-0.15, -0.1) is 0 Å². The molecule has 1 heterocycles. The first kappa shape index (κ1) is 10.9. The highest BCUT2D eigenvalue weighted by Gasteiger charge is 2.80. The Hall–Kier alpha value is -0.140. The van der Waals surface area contributed by atoms with Crippen LogP contribution in [-0.4, -0.2) is 29.0 Å². The summed E-state index contributed by atoms with van der Waals surface area (Å²) in [6.45, 7) is -2.62. The summed E-state index contributed by atoms with van der Waals surface area (Å²) in [5, 5.41) is -4.75. The first-order valence-electron chi connectivity index (χ1n) is 3.01. The predicted octanol–water partition coefficient (Wildman–Crippen LogP) is 2.93. The minimum absolute atomic E-state index is 1.20. The van der Waals surface area contributed by atoms with Crippen molar-refractivity contribution in [1.82, 2.24) is 0 Å². The Morgan fingerprint density at radius 2 is 1.54 bits per heavy atom. The summed E-state index contributed by atoms with van der Waals surface area (Å²) in [6, 6.07) is 0. The molecule has 78 valence electrons. The smallest absolute Gasteiger partial charge is 0.247 e. The third-order valence-electron chi connectivity index (χ3n) is 1.71. The van der Waals surface area contributed by atoms with Crippen LogP contribution in [0.4, 0.5) is 30.7 Å². The molecule has 0 amide bonds. The molecule has 0 radical (unpaired) electrons. The summed E-state index contributed by atoms with van der Waals surface area (Å²) in [6.07, 6.45) is 0. The molecule has 0 saturated carbocycles. The minimum atomic E-state index is -5.00. The van der Waals surface area contributed by atoms with Crippen molar-refractivity contribution >= 4 is 11.8 Å². The van der Waals surface area contributed by atoms with Crippen LogP contribution in [0, 0.1) is 0 Å². The topological polar surface area (TPSA) is 0 Å². The molecule has 1 aliphatic rings. The molecule has 2 atom stereocenters. The number of hydrogen-bond acceptors (Lipinski definition) is 1. The van der Waals surface area contributed by atoms with E-state index in [0.717, 1.165) is 0 Å². The van der Waals surface area contributed by atoms with Crippen molar-refractivity contribution in [3.8, 4) is 0 Å². The third-order valence-corrected chi connectivity index (χ3v) is 2.83. The van der Waals surface area contributed by atoms with E-state index in [4.69, 9.17) is 0 Å². The SMILES string of the molecule is FCC1(F)C(F)(F)SC(F)C1(F)F. The molecule has 8 heteroatoms. The molecule has 0 aromatic heterocycles. The zero-order chi connectivity index (χ0) is 10.5. The Morgan fingerprint density at radius 3 is 1.69 bits per heavy atom. The zero-order valence-electron chi connectivity index (χ0n) is 5.84. The Morgan fingerprint density at radius 1 is 1.08 bits per heavy atom. The standard InChI is InChI=1S/C5H3F7S/c6-1-3(8)4(9,10)2(7)13-5(3,11)12/h2H,1H2. The van der Waals surface area contributed by atoms with Crippen LogP contribution in [0.5, 0.6) is 0 Å². The van der Waals surface area contributed by atoms with Gasteiger partial charge in [0.05, 0.1) is 0 Å². The number of rotatable bonds is 1. The quantitative estimate of drug-likeness (QED) is 0.622. The maximum atomic E-state index is 12.7. The van der Waals surface area contributed by atoms with Gasteiger partial charge in [0.2, 0.25) is 5.50 Å². The molecule has 2 unspecified atom stereocenters. The summed E-state index contributed by atoms with van der Waals surface area (Å²) in [5.74, 6) is -5.00. The van der Waals surface area contributed by atoms with Gasteiger partial charge < -0.3 is 0 Å². The lowest BCUT2D eigenvalue weighted by molar-refractivity contribution is -0.212. The predicted molar refractivity (Wildman–Crippen MR) is 32.2 cm³/mol. The van der Waals surface area contributed by atoms with E-state index in [0.29, 0.717) is 0 Å². The minimum Gasteiger partial charge on any atom is -0.247 e. The van der Waals surface area contributed by atoms with E-state index < -0.39 is 40.8 Å². The first-order valence-corrected chi connectivity index (χ1v) is 3.89. The second kappa shape index (κ2) is 2.68. The van der Waals surface area contributed by atoms with Gasteiger partial charge in [0.15, 0.2) is 0 Å². The summed E-state index contributed by atoms with van der Waals surface area (Å²) in [7, 11) is 0. The van der Waals surface area contributed by atoms with Crippen LogP contribution in [0.3, 0.4) is 0 Å². The lowest BCUT2D eigenvalue weighted by Crippen LogP contribution is -2.53. The highest BCUT2D eigenvalue weighted by Crippen LogP contribution is 2.62. The van der Waals surface area contributed by atoms with Crippen LogP contribution in [0.1, 0.15) is 0 Å². The van der Waals surface area contributed by atoms with Crippen LogP contribution in [0.25, 0.3) is 0 Å². The molecule has 0 aromatic rings. The van der Waals surface area contributed by atoms with Crippen molar-refractivity contribution in [2.75, 3.05) is 6.67 Å². The maximum Gasteiger partial charge on any atom is 0.338 e. The zero-order valence-corrected chi connectivity index (χ0v) is 6.65. The van der Waals surface area contributed by atoms with E-state index in [1.54, 1.807) is 0 Å². The Bertz CT molecular complexity index is 217. The number of thioether (sulfide) groups is 1. The van der Waals surface area contributed by atoms with Gasteiger partial charge in [-0.1, -0.05) is 0 Å². The van der Waals surface area contributed by atoms with E-state index in [9.17, 15) is 30.7 Å². The van der Waals surface area contributed by atoms with Crippen molar-refractivity contribution in [2.24, 2.45) is 0 Å². The Labute approximate surface area is 72.5 Å². The molecule has 0 nitrogen and oxygen atoms in total. The number of alkyl halides is 7. The summed E-state index contributed by atoms with van der Waals surface area (Å²) >= 11 is -1.20.